The topological polar surface area (TPSA) is 62.7 Å². The van der Waals surface area contributed by atoms with Gasteiger partial charge >= 0.3 is 0 Å². The minimum atomic E-state index is 0.420. The lowest BCUT2D eigenvalue weighted by Gasteiger charge is -1.98. The lowest BCUT2D eigenvalue weighted by Crippen LogP contribution is -1.93. The highest BCUT2D eigenvalue weighted by Gasteiger charge is 1.93. The Bertz CT molecular complexity index is 361. The van der Waals surface area contributed by atoms with Crippen LogP contribution in [0.15, 0.2) is 18.3 Å². The number of aryl methyl sites for hydroxylation is 1. The zero-order valence-corrected chi connectivity index (χ0v) is 7.49. The maximum Gasteiger partial charge on any atom is 0.126 e. The number of nitrogens with zero attached hydrogens (tertiary/aromatic N) is 2. The summed E-state index contributed by atoms with van der Waals surface area (Å²) < 4.78 is 0. The fourth-order valence-electron chi connectivity index (χ4n) is 0.946. The molecule has 3 heteroatoms. The number of allylic oxidation sites excluding steroid dienone is 1. The summed E-state index contributed by atoms with van der Waals surface area (Å²) in [5, 5.41) is 8.31. The van der Waals surface area contributed by atoms with Gasteiger partial charge in [0.1, 0.15) is 5.82 Å². The minimum absolute atomic E-state index is 0.420. The third kappa shape index (κ3) is 2.60. The third-order valence-electron chi connectivity index (χ3n) is 1.66. The standard InChI is InChI=1S/C10H11N3/c1-8-6-9(4-2-3-5-11)7-13-10(8)12/h2,4,6-7H,3H2,1H3,(H2,12,13). The molecule has 0 spiro atoms. The largest absolute Gasteiger partial charge is 0.383 e. The van der Waals surface area contributed by atoms with Gasteiger partial charge in [0.25, 0.3) is 0 Å². The Kier molecular flexibility index (Phi) is 3.04. The van der Waals surface area contributed by atoms with E-state index in [1.54, 1.807) is 12.3 Å². The van der Waals surface area contributed by atoms with Crippen LogP contribution >= 0.6 is 0 Å². The number of nitrogen functional groups attached to an aromatic ring is 1. The van der Waals surface area contributed by atoms with Gasteiger partial charge in [0.2, 0.25) is 0 Å². The molecule has 0 fully saturated rings. The van der Waals surface area contributed by atoms with Gasteiger partial charge in [-0.1, -0.05) is 12.2 Å². The molecule has 0 aromatic carbocycles. The van der Waals surface area contributed by atoms with Crippen molar-refractivity contribution in [1.82, 2.24) is 4.98 Å². The summed E-state index contributed by atoms with van der Waals surface area (Å²) in [5.74, 6) is 0.553. The van der Waals surface area contributed by atoms with E-state index in [0.29, 0.717) is 12.2 Å². The predicted octanol–water partition coefficient (Wildman–Crippen LogP) is 1.90. The second-order valence-electron chi connectivity index (χ2n) is 2.74. The monoisotopic (exact) mass is 173 g/mol. The van der Waals surface area contributed by atoms with Gasteiger partial charge in [-0.3, -0.25) is 0 Å². The van der Waals surface area contributed by atoms with Crippen molar-refractivity contribution in [2.24, 2.45) is 0 Å². The zero-order valence-electron chi connectivity index (χ0n) is 7.49. The van der Waals surface area contributed by atoms with E-state index in [-0.39, 0.29) is 0 Å². The molecule has 13 heavy (non-hydrogen) atoms. The molecule has 1 aromatic rings. The van der Waals surface area contributed by atoms with Crippen molar-refractivity contribution in [3.05, 3.63) is 29.5 Å². The summed E-state index contributed by atoms with van der Waals surface area (Å²) in [7, 11) is 0. The molecule has 2 N–H and O–H groups in total. The molecule has 0 radical (unpaired) electrons. The second kappa shape index (κ2) is 4.27. The molecular weight excluding hydrogens is 162 g/mol. The second-order valence-corrected chi connectivity index (χ2v) is 2.74. The number of rotatable bonds is 2. The third-order valence-corrected chi connectivity index (χ3v) is 1.66. The first-order chi connectivity index (χ1) is 6.24. The lowest BCUT2D eigenvalue weighted by atomic mass is 10.2. The zero-order chi connectivity index (χ0) is 9.68. The van der Waals surface area contributed by atoms with E-state index in [1.165, 1.54) is 0 Å². The molecule has 0 aliphatic heterocycles. The van der Waals surface area contributed by atoms with Crippen molar-refractivity contribution in [2.45, 2.75) is 13.3 Å². The van der Waals surface area contributed by atoms with Crippen molar-refractivity contribution in [3.8, 4) is 6.07 Å². The summed E-state index contributed by atoms with van der Waals surface area (Å²) in [4.78, 5) is 4.00. The highest BCUT2D eigenvalue weighted by atomic mass is 14.8. The van der Waals surface area contributed by atoms with Gasteiger partial charge in [0.15, 0.2) is 0 Å². The van der Waals surface area contributed by atoms with Crippen LogP contribution in [0.5, 0.6) is 0 Å². The molecule has 1 rings (SSSR count). The van der Waals surface area contributed by atoms with Crippen molar-refractivity contribution >= 4 is 11.9 Å². The number of hydrogen-bond acceptors (Lipinski definition) is 3. The van der Waals surface area contributed by atoms with Crippen molar-refractivity contribution in [2.75, 3.05) is 5.73 Å². The summed E-state index contributed by atoms with van der Waals surface area (Å²) >= 11 is 0. The highest BCUT2D eigenvalue weighted by Crippen LogP contribution is 2.10. The van der Waals surface area contributed by atoms with Crippen LogP contribution in [0.1, 0.15) is 17.5 Å². The lowest BCUT2D eigenvalue weighted by molar-refractivity contribution is 1.27. The van der Waals surface area contributed by atoms with Crippen LogP contribution in [-0.4, -0.2) is 4.98 Å². The fraction of sp³-hybridized carbons (Fsp3) is 0.200. The first-order valence-electron chi connectivity index (χ1n) is 3.99. The molecular formula is C10H11N3. The predicted molar refractivity (Wildman–Crippen MR) is 52.7 cm³/mol. The molecule has 0 atom stereocenters. The van der Waals surface area contributed by atoms with Crippen LogP contribution < -0.4 is 5.73 Å². The van der Waals surface area contributed by atoms with E-state index in [9.17, 15) is 0 Å². The molecule has 0 aliphatic rings. The summed E-state index contributed by atoms with van der Waals surface area (Å²) in [5.41, 5.74) is 7.49. The van der Waals surface area contributed by atoms with Crippen molar-refractivity contribution in [3.63, 3.8) is 0 Å². The molecule has 66 valence electrons. The van der Waals surface area contributed by atoms with Crippen LogP contribution in [0.25, 0.3) is 6.08 Å². The molecule has 0 aliphatic carbocycles. The first kappa shape index (κ1) is 9.27. The Hall–Kier alpha value is -1.82. The van der Waals surface area contributed by atoms with Gasteiger partial charge in [-0.25, -0.2) is 4.98 Å². The van der Waals surface area contributed by atoms with E-state index < -0.39 is 0 Å². The molecule has 1 aromatic heterocycles. The molecule has 0 saturated carbocycles. The van der Waals surface area contributed by atoms with Crippen LogP contribution in [0.4, 0.5) is 5.82 Å². The Labute approximate surface area is 77.5 Å². The molecule has 0 unspecified atom stereocenters. The van der Waals surface area contributed by atoms with Gasteiger partial charge in [-0.15, -0.1) is 0 Å². The van der Waals surface area contributed by atoms with Gasteiger partial charge in [-0.05, 0) is 24.1 Å². The number of hydrogen-bond donors (Lipinski definition) is 1. The normalized spacial score (nSPS) is 10.2. The molecule has 1 heterocycles. The summed E-state index contributed by atoms with van der Waals surface area (Å²) in [6.45, 7) is 1.91. The number of pyridine rings is 1. The summed E-state index contributed by atoms with van der Waals surface area (Å²) in [6.07, 6.45) is 5.77. The number of aromatic nitrogens is 1. The van der Waals surface area contributed by atoms with E-state index >= 15 is 0 Å². The van der Waals surface area contributed by atoms with E-state index in [0.717, 1.165) is 11.1 Å². The van der Waals surface area contributed by atoms with Crippen LogP contribution in [0.3, 0.4) is 0 Å². The van der Waals surface area contributed by atoms with Gasteiger partial charge in [-0.2, -0.15) is 5.26 Å². The van der Waals surface area contributed by atoms with Crippen LogP contribution in [0.2, 0.25) is 0 Å². The fourth-order valence-corrected chi connectivity index (χ4v) is 0.946. The van der Waals surface area contributed by atoms with Crippen molar-refractivity contribution in [1.29, 1.82) is 5.26 Å². The number of nitrogens with two attached hydrogens (primary N) is 1. The van der Waals surface area contributed by atoms with E-state index in [4.69, 9.17) is 11.0 Å². The van der Waals surface area contributed by atoms with Gasteiger partial charge in [0, 0.05) is 6.20 Å². The van der Waals surface area contributed by atoms with Crippen molar-refractivity contribution < 1.29 is 0 Å². The van der Waals surface area contributed by atoms with Gasteiger partial charge in [0.05, 0.1) is 12.5 Å². The average molecular weight is 173 g/mol. The quantitative estimate of drug-likeness (QED) is 0.742. The smallest absolute Gasteiger partial charge is 0.126 e. The maximum absolute atomic E-state index is 8.31. The number of nitriles is 1. The Balaban J connectivity index is 2.81. The first-order valence-corrected chi connectivity index (χ1v) is 3.99. The Morgan fingerprint density at radius 2 is 2.46 bits per heavy atom. The SMILES string of the molecule is Cc1cc(C=CCC#N)cnc1N. The maximum atomic E-state index is 8.31. The Morgan fingerprint density at radius 1 is 1.69 bits per heavy atom. The molecule has 3 nitrogen and oxygen atoms in total. The van der Waals surface area contributed by atoms with E-state index in [2.05, 4.69) is 4.98 Å². The molecule has 0 saturated heterocycles. The average Bonchev–Trinajstić information content (AvgIpc) is 2.12. The molecule has 0 amide bonds. The Morgan fingerprint density at radius 3 is 3.08 bits per heavy atom. The summed E-state index contributed by atoms with van der Waals surface area (Å²) in [6, 6.07) is 3.97. The van der Waals surface area contributed by atoms with Crippen LogP contribution in [0, 0.1) is 18.3 Å². The minimum Gasteiger partial charge on any atom is -0.383 e. The highest BCUT2D eigenvalue weighted by molar-refractivity contribution is 5.53. The number of anilines is 1. The molecule has 0 bridgehead atoms. The van der Waals surface area contributed by atoms with E-state index in [1.807, 2.05) is 25.1 Å². The van der Waals surface area contributed by atoms with Gasteiger partial charge < -0.3 is 5.73 Å². The van der Waals surface area contributed by atoms with Crippen LogP contribution in [-0.2, 0) is 0 Å².